The molecule has 1 amide bonds. The average Bonchev–Trinajstić information content (AvgIpc) is 3.75. The van der Waals surface area contributed by atoms with E-state index in [1.54, 1.807) is 12.2 Å². The number of fused-ring (bicyclic) bond motifs is 4. The van der Waals surface area contributed by atoms with Crippen LogP contribution >= 0.6 is 0 Å². The maximum atomic E-state index is 12.9. The number of aliphatic carboxylic acids is 2. The maximum absolute atomic E-state index is 12.9. The molecule has 0 aromatic heterocycles. The van der Waals surface area contributed by atoms with Gasteiger partial charge in [-0.2, -0.15) is 0 Å². The minimum Gasteiger partial charge on any atom is -0.481 e. The second kappa shape index (κ2) is 15.7. The van der Waals surface area contributed by atoms with Crippen molar-refractivity contribution in [3.8, 4) is 0 Å². The van der Waals surface area contributed by atoms with Gasteiger partial charge in [0.15, 0.2) is 0 Å². The first-order valence-corrected chi connectivity index (χ1v) is 17.4. The number of carboxylic acid groups (broad SMARTS) is 2. The molecule has 0 fully saturated rings. The average molecular weight is 691 g/mol. The first-order chi connectivity index (χ1) is 24.3. The molecule has 0 saturated carbocycles. The highest BCUT2D eigenvalue weighted by atomic mass is 16.4. The molecule has 8 bridgehead atoms. The lowest BCUT2D eigenvalue weighted by Gasteiger charge is -2.16. The van der Waals surface area contributed by atoms with E-state index in [2.05, 4.69) is 25.4 Å². The summed E-state index contributed by atoms with van der Waals surface area (Å²) in [5.74, 6) is -2.25. The standard InChI is InChI=1S/C40H46N6O5/c1-7-25-21(3)30-17-31-24(6)28(13-15-39(48)49)37(45-31)20-36-27(12-14-38(47)42-16-10-9-11-29(41)40(50)51)23(5)33(46-36)19-35-26(8-2)22(4)32(44-35)18-34(25)43-30/h7-8,17-20,24,28-29H,1-2,9-16,41H2,3-6H3,(H,42,47)(H,48,49)(H,50,51)/t24?,28?,29-/m0/s1. The van der Waals surface area contributed by atoms with Crippen molar-refractivity contribution in [2.75, 3.05) is 6.54 Å². The fourth-order valence-corrected chi connectivity index (χ4v) is 6.91. The Morgan fingerprint density at radius 2 is 1.43 bits per heavy atom. The van der Waals surface area contributed by atoms with Gasteiger partial charge in [-0.15, -0.1) is 0 Å². The molecule has 2 unspecified atom stereocenters. The number of carbonyl (C=O) groups is 3. The Balaban J connectivity index is 1.53. The number of amides is 1. The fraction of sp³-hybridized carbons (Fsp3) is 0.375. The number of unbranched alkanes of at least 4 members (excludes halogenated alkanes) is 1. The minimum absolute atomic E-state index is 0.00125. The van der Waals surface area contributed by atoms with Crippen molar-refractivity contribution in [1.29, 1.82) is 0 Å². The number of rotatable bonds is 14. The van der Waals surface area contributed by atoms with Crippen LogP contribution in [-0.4, -0.2) is 63.5 Å². The predicted molar refractivity (Wildman–Crippen MR) is 202 cm³/mol. The summed E-state index contributed by atoms with van der Waals surface area (Å²) in [7, 11) is 0. The first-order valence-electron chi connectivity index (χ1n) is 17.4. The van der Waals surface area contributed by atoms with E-state index < -0.39 is 18.0 Å². The van der Waals surface area contributed by atoms with Gasteiger partial charge < -0.3 is 21.3 Å². The summed E-state index contributed by atoms with van der Waals surface area (Å²) in [5, 5.41) is 21.5. The van der Waals surface area contributed by atoms with E-state index in [1.165, 1.54) is 0 Å². The highest BCUT2D eigenvalue weighted by Crippen LogP contribution is 2.39. The minimum atomic E-state index is -1.03. The molecule has 51 heavy (non-hydrogen) atoms. The summed E-state index contributed by atoms with van der Waals surface area (Å²) < 4.78 is 0. The molecular weight excluding hydrogens is 644 g/mol. The van der Waals surface area contributed by atoms with Crippen molar-refractivity contribution in [2.24, 2.45) is 37.5 Å². The van der Waals surface area contributed by atoms with Crippen LogP contribution in [0.4, 0.5) is 0 Å². The molecule has 0 aromatic carbocycles. The molecule has 5 N–H and O–H groups in total. The van der Waals surface area contributed by atoms with Crippen molar-refractivity contribution in [3.63, 3.8) is 0 Å². The van der Waals surface area contributed by atoms with E-state index in [-0.39, 0.29) is 30.6 Å². The molecule has 3 atom stereocenters. The molecule has 0 aliphatic carbocycles. The van der Waals surface area contributed by atoms with E-state index >= 15 is 0 Å². The summed E-state index contributed by atoms with van der Waals surface area (Å²) in [6.07, 6.45) is 14.1. The number of hydrogen-bond acceptors (Lipinski definition) is 8. The lowest BCUT2D eigenvalue weighted by Crippen LogP contribution is -2.30. The Labute approximate surface area is 298 Å². The van der Waals surface area contributed by atoms with Gasteiger partial charge in [0.1, 0.15) is 6.04 Å². The molecule has 5 aliphatic rings. The van der Waals surface area contributed by atoms with Gasteiger partial charge in [0.2, 0.25) is 5.91 Å². The summed E-state index contributed by atoms with van der Waals surface area (Å²) in [6.45, 7) is 16.6. The van der Waals surface area contributed by atoms with Gasteiger partial charge in [0.25, 0.3) is 0 Å². The van der Waals surface area contributed by atoms with Crippen molar-refractivity contribution < 1.29 is 24.6 Å². The number of aliphatic imine (C=N–C) groups is 4. The van der Waals surface area contributed by atoms with E-state index in [0.717, 1.165) is 67.7 Å². The van der Waals surface area contributed by atoms with E-state index in [9.17, 15) is 19.5 Å². The number of carbonyl (C=O) groups excluding carboxylic acids is 1. The largest absolute Gasteiger partial charge is 0.481 e. The molecule has 11 heteroatoms. The smallest absolute Gasteiger partial charge is 0.320 e. The Bertz CT molecular complexity index is 1940. The molecule has 0 radical (unpaired) electrons. The van der Waals surface area contributed by atoms with Gasteiger partial charge in [-0.1, -0.05) is 32.2 Å². The van der Waals surface area contributed by atoms with Crippen LogP contribution in [0.2, 0.25) is 0 Å². The van der Waals surface area contributed by atoms with Crippen molar-refractivity contribution in [2.45, 2.75) is 78.7 Å². The van der Waals surface area contributed by atoms with Crippen LogP contribution in [0.5, 0.6) is 0 Å². The second-order valence-corrected chi connectivity index (χ2v) is 13.4. The van der Waals surface area contributed by atoms with Gasteiger partial charge in [-0.25, -0.2) is 15.0 Å². The van der Waals surface area contributed by atoms with Gasteiger partial charge in [0.05, 0.1) is 34.2 Å². The SMILES string of the molecule is C=CC1=C(C)C2=NC1=CC1=NC(=CC3=NC(=CC4=NC(=C2)C(C=C)=C4C)C(C)C3CCC(=O)O)C(CCC(=O)NCCCC[C@H](N)C(=O)O)=C1C. The summed E-state index contributed by atoms with van der Waals surface area (Å²) in [5.41, 5.74) is 17.1. The first kappa shape index (κ1) is 37.0. The van der Waals surface area contributed by atoms with Crippen LogP contribution in [0.25, 0.3) is 0 Å². The van der Waals surface area contributed by atoms with E-state index in [0.29, 0.717) is 50.1 Å². The van der Waals surface area contributed by atoms with Crippen LogP contribution < -0.4 is 11.1 Å². The Hall–Kier alpha value is -5.29. The van der Waals surface area contributed by atoms with Crippen LogP contribution in [0, 0.1) is 11.8 Å². The van der Waals surface area contributed by atoms with E-state index in [4.69, 9.17) is 30.8 Å². The number of carboxylic acids is 2. The third-order valence-corrected chi connectivity index (χ3v) is 10.1. The van der Waals surface area contributed by atoms with Crippen molar-refractivity contribution >= 4 is 40.7 Å². The van der Waals surface area contributed by atoms with Crippen molar-refractivity contribution in [3.05, 3.63) is 106 Å². The van der Waals surface area contributed by atoms with Gasteiger partial charge in [-0.05, 0) is 99.5 Å². The Morgan fingerprint density at radius 1 is 0.843 bits per heavy atom. The molecule has 266 valence electrons. The highest BCUT2D eigenvalue weighted by molar-refractivity contribution is 6.19. The van der Waals surface area contributed by atoms with Crippen LogP contribution in [0.3, 0.4) is 0 Å². The van der Waals surface area contributed by atoms with Gasteiger partial charge in [0, 0.05) is 53.8 Å². The van der Waals surface area contributed by atoms with Crippen LogP contribution in [0.15, 0.2) is 126 Å². The van der Waals surface area contributed by atoms with Gasteiger partial charge in [-0.3, -0.25) is 19.4 Å². The maximum Gasteiger partial charge on any atom is 0.320 e. The number of hydrogen-bond donors (Lipinski definition) is 4. The van der Waals surface area contributed by atoms with Gasteiger partial charge >= 0.3 is 11.9 Å². The zero-order valence-corrected chi connectivity index (χ0v) is 29.8. The molecule has 0 saturated heterocycles. The predicted octanol–water partition coefficient (Wildman–Crippen LogP) is 6.27. The Kier molecular flexibility index (Phi) is 11.4. The number of nitrogens with two attached hydrogens (primary N) is 1. The van der Waals surface area contributed by atoms with E-state index in [1.807, 2.05) is 45.1 Å². The molecule has 5 aliphatic heterocycles. The van der Waals surface area contributed by atoms with Crippen LogP contribution in [-0.2, 0) is 14.4 Å². The monoisotopic (exact) mass is 690 g/mol. The third kappa shape index (κ3) is 8.04. The summed E-state index contributed by atoms with van der Waals surface area (Å²) in [6, 6.07) is -0.905. The molecule has 5 heterocycles. The number of nitrogens with zero attached hydrogens (tertiary/aromatic N) is 4. The molecule has 5 rings (SSSR count). The molecular formula is C40H46N6O5. The lowest BCUT2D eigenvalue weighted by molar-refractivity contribution is -0.139. The molecule has 0 spiro atoms. The quantitative estimate of drug-likeness (QED) is 0.156. The fourth-order valence-electron chi connectivity index (χ4n) is 6.91. The summed E-state index contributed by atoms with van der Waals surface area (Å²) >= 11 is 0. The third-order valence-electron chi connectivity index (χ3n) is 10.1. The normalized spacial score (nSPS) is 21.7. The summed E-state index contributed by atoms with van der Waals surface area (Å²) in [4.78, 5) is 55.7. The zero-order valence-electron chi connectivity index (χ0n) is 29.8. The molecule has 0 aromatic rings. The van der Waals surface area contributed by atoms with Crippen LogP contribution in [0.1, 0.15) is 72.6 Å². The van der Waals surface area contributed by atoms with Crippen molar-refractivity contribution in [1.82, 2.24) is 5.32 Å². The number of allylic oxidation sites excluding steroid dienone is 11. The highest BCUT2D eigenvalue weighted by Gasteiger charge is 2.34. The topological polar surface area (TPSA) is 179 Å². The number of nitrogens with one attached hydrogen (secondary N) is 1. The molecule has 11 nitrogen and oxygen atoms in total. The lowest BCUT2D eigenvalue weighted by atomic mass is 9.85. The zero-order chi connectivity index (χ0) is 37.0. The Morgan fingerprint density at radius 3 is 2.02 bits per heavy atom. The second-order valence-electron chi connectivity index (χ2n) is 13.4.